The second-order valence-electron chi connectivity index (χ2n) is 5.77. The van der Waals surface area contributed by atoms with Gasteiger partial charge in [-0.2, -0.15) is 0 Å². The molecule has 0 aromatic carbocycles. The average molecular weight is 264 g/mol. The summed E-state index contributed by atoms with van der Waals surface area (Å²) in [6.07, 6.45) is 2.42. The second-order valence-corrected chi connectivity index (χ2v) is 5.77. The van der Waals surface area contributed by atoms with Gasteiger partial charge in [0.05, 0.1) is 0 Å². The maximum absolute atomic E-state index is 4.63. The van der Waals surface area contributed by atoms with E-state index < -0.39 is 0 Å². The van der Waals surface area contributed by atoms with Crippen LogP contribution in [0.2, 0.25) is 0 Å². The highest BCUT2D eigenvalue weighted by Crippen LogP contribution is 2.22. The van der Waals surface area contributed by atoms with Gasteiger partial charge < -0.3 is 10.6 Å². The number of nitrogens with one attached hydrogen (secondary N) is 2. The van der Waals surface area contributed by atoms with Gasteiger partial charge in [0.25, 0.3) is 0 Å². The van der Waals surface area contributed by atoms with E-state index >= 15 is 0 Å². The third-order valence-electron chi connectivity index (χ3n) is 3.17. The van der Waals surface area contributed by atoms with Gasteiger partial charge in [-0.05, 0) is 25.7 Å². The van der Waals surface area contributed by atoms with Crippen molar-refractivity contribution in [2.24, 2.45) is 5.92 Å². The molecule has 0 bridgehead atoms. The minimum atomic E-state index is 0.337. The van der Waals surface area contributed by atoms with E-state index in [1.54, 1.807) is 0 Å². The molecular formula is C15H28N4. The Morgan fingerprint density at radius 1 is 1.05 bits per heavy atom. The third kappa shape index (κ3) is 4.69. The first-order valence-corrected chi connectivity index (χ1v) is 7.25. The molecule has 0 unspecified atom stereocenters. The highest BCUT2D eigenvalue weighted by atomic mass is 15.1. The maximum Gasteiger partial charge on any atom is 0.135 e. The molecule has 2 N–H and O–H groups in total. The summed E-state index contributed by atoms with van der Waals surface area (Å²) in [4.78, 5) is 9.18. The van der Waals surface area contributed by atoms with Crippen LogP contribution < -0.4 is 10.6 Å². The van der Waals surface area contributed by atoms with Gasteiger partial charge in [0.15, 0.2) is 0 Å². The molecule has 0 fully saturated rings. The van der Waals surface area contributed by atoms with Crippen molar-refractivity contribution < 1.29 is 0 Å². The van der Waals surface area contributed by atoms with Crippen molar-refractivity contribution in [2.45, 2.75) is 53.4 Å². The van der Waals surface area contributed by atoms with E-state index in [-0.39, 0.29) is 0 Å². The van der Waals surface area contributed by atoms with Gasteiger partial charge in [0.1, 0.15) is 17.5 Å². The lowest BCUT2D eigenvalue weighted by atomic mass is 10.1. The Balaban J connectivity index is 2.78. The van der Waals surface area contributed by atoms with Gasteiger partial charge >= 0.3 is 0 Å². The molecule has 1 rings (SSSR count). The van der Waals surface area contributed by atoms with Gasteiger partial charge in [-0.3, -0.25) is 0 Å². The number of hydrogen-bond acceptors (Lipinski definition) is 4. The molecular weight excluding hydrogens is 236 g/mol. The summed E-state index contributed by atoms with van der Waals surface area (Å²) in [5.74, 6) is 3.87. The van der Waals surface area contributed by atoms with Crippen LogP contribution in [0.4, 0.5) is 11.6 Å². The molecule has 108 valence electrons. The zero-order chi connectivity index (χ0) is 14.4. The summed E-state index contributed by atoms with van der Waals surface area (Å²) < 4.78 is 0. The summed E-state index contributed by atoms with van der Waals surface area (Å²) in [6.45, 7) is 11.8. The van der Waals surface area contributed by atoms with Crippen LogP contribution in [0.25, 0.3) is 0 Å². The van der Waals surface area contributed by atoms with Crippen LogP contribution in [0.1, 0.15) is 57.8 Å². The fourth-order valence-corrected chi connectivity index (χ4v) is 1.92. The van der Waals surface area contributed by atoms with E-state index in [2.05, 4.69) is 55.2 Å². The van der Waals surface area contributed by atoms with E-state index in [1.807, 2.05) is 7.05 Å². The SMILES string of the molecule is CNc1nc(C(C)C)nc(NCCCC(C)C)c1C. The number of rotatable bonds is 7. The molecule has 1 aromatic rings. The van der Waals surface area contributed by atoms with E-state index in [0.717, 1.165) is 35.5 Å². The Kier molecular flexibility index (Phi) is 6.06. The molecule has 0 atom stereocenters. The topological polar surface area (TPSA) is 49.8 Å². The van der Waals surface area contributed by atoms with Gasteiger partial charge in [-0.15, -0.1) is 0 Å². The first kappa shape index (κ1) is 15.7. The molecule has 0 saturated carbocycles. The number of nitrogens with zero attached hydrogens (tertiary/aromatic N) is 2. The molecule has 0 spiro atoms. The number of aromatic nitrogens is 2. The van der Waals surface area contributed by atoms with Crippen molar-refractivity contribution in [1.29, 1.82) is 0 Å². The number of hydrogen-bond donors (Lipinski definition) is 2. The molecule has 1 heterocycles. The van der Waals surface area contributed by atoms with Gasteiger partial charge in [-0.25, -0.2) is 9.97 Å². The van der Waals surface area contributed by atoms with Gasteiger partial charge in [0, 0.05) is 25.1 Å². The predicted molar refractivity (Wildman–Crippen MR) is 83.0 cm³/mol. The molecule has 0 aliphatic rings. The second kappa shape index (κ2) is 7.31. The zero-order valence-electron chi connectivity index (χ0n) is 13.2. The van der Waals surface area contributed by atoms with Crippen LogP contribution in [0.5, 0.6) is 0 Å². The maximum atomic E-state index is 4.63. The number of anilines is 2. The van der Waals surface area contributed by atoms with Crippen LogP contribution in [0, 0.1) is 12.8 Å². The molecule has 0 aliphatic carbocycles. The summed E-state index contributed by atoms with van der Waals surface area (Å²) in [5, 5.41) is 6.60. The van der Waals surface area contributed by atoms with Crippen molar-refractivity contribution >= 4 is 11.6 Å². The lowest BCUT2D eigenvalue weighted by molar-refractivity contribution is 0.566. The van der Waals surface area contributed by atoms with Crippen LogP contribution in [0.15, 0.2) is 0 Å². The normalized spacial score (nSPS) is 11.2. The van der Waals surface area contributed by atoms with E-state index in [4.69, 9.17) is 0 Å². The summed E-state index contributed by atoms with van der Waals surface area (Å²) in [6, 6.07) is 0. The van der Waals surface area contributed by atoms with Crippen molar-refractivity contribution in [3.63, 3.8) is 0 Å². The van der Waals surface area contributed by atoms with Crippen molar-refractivity contribution in [2.75, 3.05) is 24.2 Å². The Labute approximate surface area is 117 Å². The summed E-state index contributed by atoms with van der Waals surface area (Å²) in [5.41, 5.74) is 1.09. The van der Waals surface area contributed by atoms with Crippen LogP contribution in [-0.2, 0) is 0 Å². The molecule has 0 aliphatic heterocycles. The molecule has 1 aromatic heterocycles. The average Bonchev–Trinajstić information content (AvgIpc) is 2.35. The van der Waals surface area contributed by atoms with Crippen molar-refractivity contribution in [3.05, 3.63) is 11.4 Å². The first-order valence-electron chi connectivity index (χ1n) is 7.25. The van der Waals surface area contributed by atoms with E-state index in [9.17, 15) is 0 Å². The van der Waals surface area contributed by atoms with Crippen LogP contribution in [0.3, 0.4) is 0 Å². The Hall–Kier alpha value is -1.32. The minimum absolute atomic E-state index is 0.337. The minimum Gasteiger partial charge on any atom is -0.373 e. The third-order valence-corrected chi connectivity index (χ3v) is 3.17. The van der Waals surface area contributed by atoms with Crippen LogP contribution in [-0.4, -0.2) is 23.6 Å². The molecule has 0 saturated heterocycles. The Morgan fingerprint density at radius 3 is 2.21 bits per heavy atom. The molecule has 0 amide bonds. The van der Waals surface area contributed by atoms with E-state index in [0.29, 0.717) is 5.92 Å². The highest BCUT2D eigenvalue weighted by molar-refractivity contribution is 5.57. The van der Waals surface area contributed by atoms with Crippen molar-refractivity contribution in [3.8, 4) is 0 Å². The standard InChI is InChI=1S/C15H28N4/c1-10(2)8-7-9-17-15-12(5)14(16-6)18-13(19-15)11(3)4/h10-11H,7-9H2,1-6H3,(H2,16,17,18,19). The summed E-state index contributed by atoms with van der Waals surface area (Å²) >= 11 is 0. The fraction of sp³-hybridized carbons (Fsp3) is 0.733. The quantitative estimate of drug-likeness (QED) is 0.735. The first-order chi connectivity index (χ1) is 8.95. The highest BCUT2D eigenvalue weighted by Gasteiger charge is 2.11. The largest absolute Gasteiger partial charge is 0.373 e. The summed E-state index contributed by atoms with van der Waals surface area (Å²) in [7, 11) is 1.90. The predicted octanol–water partition coefficient (Wildman–Crippen LogP) is 3.80. The fourth-order valence-electron chi connectivity index (χ4n) is 1.92. The van der Waals surface area contributed by atoms with Crippen molar-refractivity contribution in [1.82, 2.24) is 9.97 Å². The molecule has 4 heteroatoms. The Morgan fingerprint density at radius 2 is 1.68 bits per heavy atom. The molecule has 19 heavy (non-hydrogen) atoms. The van der Waals surface area contributed by atoms with E-state index in [1.165, 1.54) is 12.8 Å². The molecule has 4 nitrogen and oxygen atoms in total. The smallest absolute Gasteiger partial charge is 0.135 e. The van der Waals surface area contributed by atoms with Gasteiger partial charge in [0.2, 0.25) is 0 Å². The zero-order valence-corrected chi connectivity index (χ0v) is 13.2. The lowest BCUT2D eigenvalue weighted by Gasteiger charge is -2.15. The van der Waals surface area contributed by atoms with Crippen LogP contribution >= 0.6 is 0 Å². The molecule has 0 radical (unpaired) electrons. The monoisotopic (exact) mass is 264 g/mol. The Bertz CT molecular complexity index is 399. The lowest BCUT2D eigenvalue weighted by Crippen LogP contribution is -2.11. The van der Waals surface area contributed by atoms with Gasteiger partial charge in [-0.1, -0.05) is 27.7 Å².